The van der Waals surface area contributed by atoms with Crippen LogP contribution in [-0.4, -0.2) is 57.3 Å². The number of halogens is 7. The van der Waals surface area contributed by atoms with E-state index in [0.717, 1.165) is 4.68 Å². The number of hydrogen-bond acceptors (Lipinski definition) is 8. The normalized spacial score (nSPS) is 14.4. The number of rotatable bonds is 7. The molecule has 1 N–H and O–H groups in total. The highest BCUT2D eigenvalue weighted by Crippen LogP contribution is 2.38. The third kappa shape index (κ3) is 5.84. The van der Waals surface area contributed by atoms with Crippen molar-refractivity contribution >= 4 is 23.1 Å². The summed E-state index contributed by atoms with van der Waals surface area (Å²) >= 11 is 6.41. The van der Waals surface area contributed by atoms with E-state index in [9.17, 15) is 36.2 Å². The van der Waals surface area contributed by atoms with Crippen LogP contribution in [0.5, 0.6) is 0 Å². The molecule has 0 spiro atoms. The molecule has 3 heterocycles. The Hall–Kier alpha value is -3.95. The zero-order valence-corrected chi connectivity index (χ0v) is 22.1. The monoisotopic (exact) mass is 615 g/mol. The van der Waals surface area contributed by atoms with Crippen LogP contribution < -0.4 is 4.90 Å². The van der Waals surface area contributed by atoms with Crippen molar-refractivity contribution in [1.82, 2.24) is 20.2 Å². The van der Waals surface area contributed by atoms with E-state index in [1.807, 2.05) is 4.90 Å². The number of morpholine rings is 1. The molecule has 2 aromatic heterocycles. The Labute approximate surface area is 238 Å². The van der Waals surface area contributed by atoms with E-state index in [-0.39, 0.29) is 39.5 Å². The predicted octanol–water partition coefficient (Wildman–Crippen LogP) is 5.23. The largest absolute Gasteiger partial charge is 0.416 e. The van der Waals surface area contributed by atoms with E-state index in [2.05, 4.69) is 15.5 Å². The first-order valence-corrected chi connectivity index (χ1v) is 12.7. The van der Waals surface area contributed by atoms with Crippen molar-refractivity contribution in [1.29, 1.82) is 0 Å². The molecule has 4 aromatic rings. The van der Waals surface area contributed by atoms with Gasteiger partial charge in [-0.15, -0.1) is 5.10 Å². The van der Waals surface area contributed by atoms with E-state index in [1.165, 1.54) is 0 Å². The zero-order valence-electron chi connectivity index (χ0n) is 21.3. The van der Waals surface area contributed by atoms with Gasteiger partial charge in [-0.05, 0) is 35.9 Å². The van der Waals surface area contributed by atoms with Crippen LogP contribution in [0.3, 0.4) is 0 Å². The summed E-state index contributed by atoms with van der Waals surface area (Å²) in [5.74, 6) is -0.868. The maximum absolute atomic E-state index is 13.8. The van der Waals surface area contributed by atoms with E-state index < -0.39 is 48.0 Å². The van der Waals surface area contributed by atoms with Gasteiger partial charge in [0.15, 0.2) is 10.8 Å². The minimum Gasteiger partial charge on any atom is -0.390 e. The molecular formula is C26H20ClF6N5O4. The first-order chi connectivity index (χ1) is 19.9. The number of aliphatic hydroxyl groups is 1. The second-order valence-electron chi connectivity index (χ2n) is 9.24. The number of aliphatic hydroxyl groups excluding tert-OH is 1. The second kappa shape index (κ2) is 11.4. The number of carbonyl (C=O) groups excluding carboxylic acids is 1. The van der Waals surface area contributed by atoms with Crippen LogP contribution in [0.2, 0.25) is 5.15 Å². The van der Waals surface area contributed by atoms with Crippen LogP contribution in [0.25, 0.3) is 11.5 Å². The minimum atomic E-state index is -5.04. The molecule has 0 saturated carbocycles. The summed E-state index contributed by atoms with van der Waals surface area (Å²) < 4.78 is 91.4. The van der Waals surface area contributed by atoms with Crippen molar-refractivity contribution < 1.29 is 45.5 Å². The fraction of sp³-hybridized carbons (Fsp3) is 0.308. The number of anilines is 1. The van der Waals surface area contributed by atoms with Crippen molar-refractivity contribution in [3.63, 3.8) is 0 Å². The average Bonchev–Trinajstić information content (AvgIpc) is 3.55. The first kappa shape index (κ1) is 29.5. The highest BCUT2D eigenvalue weighted by molar-refractivity contribution is 6.32. The predicted molar refractivity (Wildman–Crippen MR) is 135 cm³/mol. The minimum absolute atomic E-state index is 0.00938. The quantitative estimate of drug-likeness (QED) is 0.223. The van der Waals surface area contributed by atoms with Crippen molar-refractivity contribution in [2.45, 2.75) is 25.5 Å². The standard InChI is InChI=1S/C26H20ClF6N5O4/c27-24-21(34-36-38(24)12-14-9-15(25(28,29)30)11-16(10-14)26(31,32)33)23-20(18(13-39)35-42-23)22(40)17-3-1-2-4-19(17)37-5-7-41-8-6-37/h1-4,9-11,39H,5-8,12-13H2. The van der Waals surface area contributed by atoms with Gasteiger partial charge in [0, 0.05) is 24.3 Å². The fourth-order valence-electron chi connectivity index (χ4n) is 4.53. The summed E-state index contributed by atoms with van der Waals surface area (Å²) in [4.78, 5) is 15.8. The number of carbonyl (C=O) groups is 1. The fourth-order valence-corrected chi connectivity index (χ4v) is 4.75. The molecule has 222 valence electrons. The highest BCUT2D eigenvalue weighted by Gasteiger charge is 2.37. The number of nitrogens with zero attached hydrogens (tertiary/aromatic N) is 5. The number of aromatic nitrogens is 4. The SMILES string of the molecule is O=C(c1ccccc1N1CCOCC1)c1c(CO)noc1-c1nnn(Cc2cc(C(F)(F)F)cc(C(F)(F)F)c2)c1Cl. The Kier molecular flexibility index (Phi) is 8.00. The van der Waals surface area contributed by atoms with E-state index in [1.54, 1.807) is 24.3 Å². The maximum atomic E-state index is 13.8. The molecule has 0 unspecified atom stereocenters. The van der Waals surface area contributed by atoms with Gasteiger partial charge < -0.3 is 19.3 Å². The van der Waals surface area contributed by atoms with Gasteiger partial charge in [-0.3, -0.25) is 4.79 Å². The molecule has 2 aromatic carbocycles. The molecule has 9 nitrogen and oxygen atoms in total. The van der Waals surface area contributed by atoms with Crippen LogP contribution in [0.4, 0.5) is 32.0 Å². The zero-order chi connectivity index (χ0) is 30.2. The van der Waals surface area contributed by atoms with Crippen molar-refractivity contribution in [3.05, 3.63) is 81.1 Å². The maximum Gasteiger partial charge on any atom is 0.416 e. The molecular weight excluding hydrogens is 596 g/mol. The van der Waals surface area contributed by atoms with Crippen molar-refractivity contribution in [2.75, 3.05) is 31.2 Å². The molecule has 1 aliphatic heterocycles. The number of hydrogen-bond donors (Lipinski definition) is 1. The Balaban J connectivity index is 1.53. The molecule has 0 atom stereocenters. The Morgan fingerprint density at radius 1 is 1.00 bits per heavy atom. The summed E-state index contributed by atoms with van der Waals surface area (Å²) in [5, 5.41) is 20.9. The van der Waals surface area contributed by atoms with Crippen molar-refractivity contribution in [2.24, 2.45) is 0 Å². The molecule has 1 aliphatic rings. The van der Waals surface area contributed by atoms with Gasteiger partial charge in [0.25, 0.3) is 0 Å². The molecule has 5 rings (SSSR count). The molecule has 42 heavy (non-hydrogen) atoms. The topological polar surface area (TPSA) is 107 Å². The number of ketones is 1. The van der Waals surface area contributed by atoms with E-state index in [0.29, 0.717) is 44.1 Å². The Bertz CT molecular complexity index is 1580. The van der Waals surface area contributed by atoms with Gasteiger partial charge in [0.1, 0.15) is 5.69 Å². The molecule has 1 fully saturated rings. The molecule has 16 heteroatoms. The van der Waals surface area contributed by atoms with Crippen molar-refractivity contribution in [3.8, 4) is 11.5 Å². The molecule has 0 bridgehead atoms. The van der Waals surface area contributed by atoms with Crippen LogP contribution in [0.15, 0.2) is 47.0 Å². The average molecular weight is 616 g/mol. The summed E-state index contributed by atoms with van der Waals surface area (Å²) in [5.41, 5.74) is -3.11. The molecule has 0 amide bonds. The third-order valence-corrected chi connectivity index (χ3v) is 6.88. The van der Waals surface area contributed by atoms with Gasteiger partial charge in [0.05, 0.1) is 43.1 Å². The number of ether oxygens (including phenoxy) is 1. The summed E-state index contributed by atoms with van der Waals surface area (Å²) in [6.07, 6.45) is -10.1. The van der Waals surface area contributed by atoms with Gasteiger partial charge in [-0.25, -0.2) is 4.68 Å². The number of alkyl halides is 6. The highest BCUT2D eigenvalue weighted by atomic mass is 35.5. The summed E-state index contributed by atoms with van der Waals surface area (Å²) in [6, 6.07) is 7.83. The molecule has 1 saturated heterocycles. The van der Waals surface area contributed by atoms with Crippen LogP contribution >= 0.6 is 11.6 Å². The summed E-state index contributed by atoms with van der Waals surface area (Å²) in [7, 11) is 0. The second-order valence-corrected chi connectivity index (χ2v) is 9.60. The van der Waals surface area contributed by atoms with E-state index in [4.69, 9.17) is 20.9 Å². The lowest BCUT2D eigenvalue weighted by atomic mass is 9.98. The lowest BCUT2D eigenvalue weighted by Crippen LogP contribution is -2.37. The summed E-state index contributed by atoms with van der Waals surface area (Å²) in [6.45, 7) is 0.651. The van der Waals surface area contributed by atoms with Crippen LogP contribution in [0, 0.1) is 0 Å². The van der Waals surface area contributed by atoms with Gasteiger partial charge in [-0.2, -0.15) is 26.3 Å². The third-order valence-electron chi connectivity index (χ3n) is 6.51. The van der Waals surface area contributed by atoms with E-state index >= 15 is 0 Å². The first-order valence-electron chi connectivity index (χ1n) is 12.3. The van der Waals surface area contributed by atoms with Crippen LogP contribution in [0.1, 0.15) is 38.3 Å². The lowest BCUT2D eigenvalue weighted by molar-refractivity contribution is -0.143. The number of para-hydroxylation sites is 1. The Morgan fingerprint density at radius 2 is 1.64 bits per heavy atom. The van der Waals surface area contributed by atoms with Gasteiger partial charge >= 0.3 is 12.4 Å². The van der Waals surface area contributed by atoms with Gasteiger partial charge in [0.2, 0.25) is 11.5 Å². The van der Waals surface area contributed by atoms with Gasteiger partial charge in [-0.1, -0.05) is 34.1 Å². The molecule has 0 aliphatic carbocycles. The lowest BCUT2D eigenvalue weighted by Gasteiger charge is -2.30. The Morgan fingerprint density at radius 3 is 2.26 bits per heavy atom. The molecule has 0 radical (unpaired) electrons. The smallest absolute Gasteiger partial charge is 0.390 e. The van der Waals surface area contributed by atoms with Crippen LogP contribution in [-0.2, 0) is 30.2 Å². The number of benzene rings is 2.